The number of phenolic OH excluding ortho intramolecular Hbond substituents is 1. The topological polar surface area (TPSA) is 87.5 Å². The minimum absolute atomic E-state index is 0. The molecule has 0 radical (unpaired) electrons. The van der Waals surface area contributed by atoms with Crippen LogP contribution in [0, 0.1) is 26.7 Å². The predicted octanol–water partition coefficient (Wildman–Crippen LogP) is 7.43. The maximum atomic E-state index is 9.84. The molecule has 1 aliphatic heterocycles. The third-order valence-electron chi connectivity index (χ3n) is 6.47. The van der Waals surface area contributed by atoms with Crippen LogP contribution in [0.5, 0.6) is 5.75 Å². The maximum absolute atomic E-state index is 9.84. The molecular weight excluding hydrogens is 512 g/mol. The number of phenols is 1. The van der Waals surface area contributed by atoms with E-state index in [1.54, 1.807) is 18.3 Å². The Balaban J connectivity index is 0. The first-order valence-electron chi connectivity index (χ1n) is 13.3. The van der Waals surface area contributed by atoms with Crippen molar-refractivity contribution in [2.24, 2.45) is 5.92 Å². The van der Waals surface area contributed by atoms with E-state index in [9.17, 15) is 5.11 Å². The summed E-state index contributed by atoms with van der Waals surface area (Å²) < 4.78 is 1.84. The van der Waals surface area contributed by atoms with Gasteiger partial charge in [-0.2, -0.15) is 5.10 Å². The lowest BCUT2D eigenvalue weighted by Crippen LogP contribution is -2.28. The molecule has 0 bridgehead atoms. The summed E-state index contributed by atoms with van der Waals surface area (Å²) in [7, 11) is 4.07. The first kappa shape index (κ1) is 39.2. The van der Waals surface area contributed by atoms with Gasteiger partial charge in [0.1, 0.15) is 19.3 Å². The molecule has 1 saturated heterocycles. The van der Waals surface area contributed by atoms with Crippen molar-refractivity contribution >= 4 is 30.5 Å². The number of hydrogen-bond acceptors (Lipinski definition) is 6. The van der Waals surface area contributed by atoms with Crippen LogP contribution in [0.4, 0.5) is 5.69 Å². The van der Waals surface area contributed by atoms with Crippen molar-refractivity contribution in [2.45, 2.75) is 54.9 Å². The van der Waals surface area contributed by atoms with Gasteiger partial charge in [0.05, 0.1) is 17.6 Å². The van der Waals surface area contributed by atoms with Gasteiger partial charge < -0.3 is 24.9 Å². The fraction of sp³-hybridized carbons (Fsp3) is 0.382. The number of nitrogens with one attached hydrogen (secondary N) is 1. The Morgan fingerprint density at radius 1 is 0.976 bits per heavy atom. The largest absolute Gasteiger partial charge is 0.507 e. The SMILES string of the molecule is C.C=C(/C=C(/C)n1ncc(NC)c1C)c1ccccc1O.C=O.C=O.CC1CCN(C)CC1.Cc1ccc(C)cc1. The van der Waals surface area contributed by atoms with Crippen LogP contribution in [0.1, 0.15) is 56.5 Å². The molecule has 2 N–H and O–H groups in total. The molecule has 41 heavy (non-hydrogen) atoms. The van der Waals surface area contributed by atoms with Gasteiger partial charge in [-0.1, -0.05) is 74.5 Å². The van der Waals surface area contributed by atoms with Crippen LogP contribution in [-0.2, 0) is 9.59 Å². The summed E-state index contributed by atoms with van der Waals surface area (Å²) in [5, 5.41) is 17.3. The number of para-hydroxylation sites is 1. The maximum Gasteiger partial charge on any atom is 0.123 e. The number of aromatic hydroxyl groups is 1. The summed E-state index contributed by atoms with van der Waals surface area (Å²) in [6.45, 7) is 21.1. The lowest BCUT2D eigenvalue weighted by atomic mass is 10.00. The molecule has 0 unspecified atom stereocenters. The monoisotopic (exact) mass is 564 g/mol. The molecular formula is C34H52N4O3. The van der Waals surface area contributed by atoms with Crippen LogP contribution in [0.25, 0.3) is 11.3 Å². The van der Waals surface area contributed by atoms with E-state index >= 15 is 0 Å². The van der Waals surface area contributed by atoms with E-state index in [2.05, 4.69) is 74.0 Å². The molecule has 1 aromatic heterocycles. The molecule has 226 valence electrons. The summed E-state index contributed by atoms with van der Waals surface area (Å²) in [5.74, 6) is 1.21. The number of nitrogens with zero attached hydrogens (tertiary/aromatic N) is 3. The van der Waals surface area contributed by atoms with Gasteiger partial charge in [-0.15, -0.1) is 0 Å². The smallest absolute Gasteiger partial charge is 0.123 e. The lowest BCUT2D eigenvalue weighted by molar-refractivity contribution is -0.0987. The van der Waals surface area contributed by atoms with Gasteiger partial charge in [0.25, 0.3) is 0 Å². The number of likely N-dealkylation sites (tertiary alicyclic amines) is 1. The zero-order valence-corrected chi connectivity index (χ0v) is 25.4. The number of benzene rings is 2. The van der Waals surface area contributed by atoms with Crippen LogP contribution in [0.15, 0.2) is 67.4 Å². The fourth-order valence-electron chi connectivity index (χ4n) is 3.92. The summed E-state index contributed by atoms with van der Waals surface area (Å²) >= 11 is 0. The van der Waals surface area contributed by atoms with Crippen LogP contribution in [-0.4, -0.2) is 60.5 Å². The third-order valence-corrected chi connectivity index (χ3v) is 6.47. The van der Waals surface area contributed by atoms with Gasteiger partial charge in [0, 0.05) is 18.3 Å². The van der Waals surface area contributed by atoms with Gasteiger partial charge >= 0.3 is 0 Å². The quantitative estimate of drug-likeness (QED) is 0.321. The summed E-state index contributed by atoms with van der Waals surface area (Å²) in [6.07, 6.45) is 6.50. The Hall–Kier alpha value is -3.97. The number of anilines is 1. The highest BCUT2D eigenvalue weighted by Gasteiger charge is 2.11. The zero-order valence-electron chi connectivity index (χ0n) is 25.4. The van der Waals surface area contributed by atoms with E-state index in [-0.39, 0.29) is 13.2 Å². The highest BCUT2D eigenvalue weighted by molar-refractivity contribution is 5.80. The van der Waals surface area contributed by atoms with E-state index in [0.29, 0.717) is 0 Å². The van der Waals surface area contributed by atoms with Crippen LogP contribution < -0.4 is 5.32 Å². The summed E-state index contributed by atoms with van der Waals surface area (Å²) in [6, 6.07) is 15.6. The van der Waals surface area contributed by atoms with Gasteiger partial charge in [0.2, 0.25) is 0 Å². The second-order valence-electron chi connectivity index (χ2n) is 9.77. The lowest BCUT2D eigenvalue weighted by Gasteiger charge is -2.26. The fourth-order valence-corrected chi connectivity index (χ4v) is 3.92. The molecule has 7 heteroatoms. The number of aromatic nitrogens is 2. The molecule has 1 aliphatic rings. The second kappa shape index (κ2) is 21.8. The number of aryl methyl sites for hydroxylation is 2. The highest BCUT2D eigenvalue weighted by atomic mass is 16.3. The molecule has 3 aromatic rings. The van der Waals surface area contributed by atoms with Crippen LogP contribution in [0.2, 0.25) is 0 Å². The first-order chi connectivity index (χ1) is 19.1. The molecule has 1 fully saturated rings. The number of carbonyl (C=O) groups excluding carboxylic acids is 2. The molecule has 2 aromatic carbocycles. The van der Waals surface area contributed by atoms with Crippen LogP contribution in [0.3, 0.4) is 0 Å². The Morgan fingerprint density at radius 3 is 1.88 bits per heavy atom. The van der Waals surface area contributed by atoms with Gasteiger partial charge in [-0.05, 0) is 84.3 Å². The molecule has 0 atom stereocenters. The minimum Gasteiger partial charge on any atom is -0.507 e. The molecule has 2 heterocycles. The number of rotatable bonds is 4. The van der Waals surface area contributed by atoms with Crippen molar-refractivity contribution in [3.63, 3.8) is 0 Å². The van der Waals surface area contributed by atoms with E-state index in [1.807, 2.05) is 57.4 Å². The van der Waals surface area contributed by atoms with Crippen molar-refractivity contribution in [1.82, 2.24) is 14.7 Å². The van der Waals surface area contributed by atoms with E-state index in [1.165, 1.54) is 37.1 Å². The molecule has 0 aliphatic carbocycles. The molecule has 4 rings (SSSR count). The standard InChI is InChI=1S/C16H19N3O.C8H10.C7H15N.2CH2O.CH4/c1-11(14-7-5-6-8-16(14)20)9-12(2)19-13(3)15(17-4)10-18-19;2*1-7-3-5-8(2)6-4-7;2*1-2;/h5-10,17,20H,1H2,2-4H3;3-6H,1-2H3;7H,3-6H2,1-2H3;2*1H2;1H4/b12-9-;;;;;. The zero-order chi connectivity index (χ0) is 30.7. The average Bonchev–Trinajstić information content (AvgIpc) is 3.35. The molecule has 7 nitrogen and oxygen atoms in total. The van der Waals surface area contributed by atoms with Gasteiger partial charge in [-0.25, -0.2) is 4.68 Å². The summed E-state index contributed by atoms with van der Waals surface area (Å²) in [4.78, 5) is 18.4. The molecule has 0 saturated carbocycles. The first-order valence-corrected chi connectivity index (χ1v) is 13.3. The third kappa shape index (κ3) is 14.3. The van der Waals surface area contributed by atoms with Crippen molar-refractivity contribution in [1.29, 1.82) is 0 Å². The number of carbonyl (C=O) groups is 2. The van der Waals surface area contributed by atoms with Crippen molar-refractivity contribution in [2.75, 3.05) is 32.5 Å². The van der Waals surface area contributed by atoms with Crippen molar-refractivity contribution in [3.05, 3.63) is 89.8 Å². The molecule has 0 spiro atoms. The normalized spacial score (nSPS) is 12.7. The Kier molecular flexibility index (Phi) is 20.8. The predicted molar refractivity (Wildman–Crippen MR) is 176 cm³/mol. The number of hydrogen-bond donors (Lipinski definition) is 2. The highest BCUT2D eigenvalue weighted by Crippen LogP contribution is 2.26. The van der Waals surface area contributed by atoms with E-state index in [4.69, 9.17) is 9.59 Å². The Labute approximate surface area is 248 Å². The van der Waals surface area contributed by atoms with Gasteiger partial charge in [0.15, 0.2) is 0 Å². The minimum atomic E-state index is 0. The molecule has 0 amide bonds. The van der Waals surface area contributed by atoms with Gasteiger partial charge in [-0.3, -0.25) is 0 Å². The van der Waals surface area contributed by atoms with E-state index in [0.717, 1.165) is 34.1 Å². The average molecular weight is 565 g/mol. The Morgan fingerprint density at radius 2 is 1.46 bits per heavy atom. The Bertz CT molecular complexity index is 1130. The second-order valence-corrected chi connectivity index (χ2v) is 9.77. The number of allylic oxidation sites excluding steroid dienone is 3. The van der Waals surface area contributed by atoms with Crippen molar-refractivity contribution < 1.29 is 14.7 Å². The van der Waals surface area contributed by atoms with Crippen LogP contribution >= 0.6 is 0 Å². The summed E-state index contributed by atoms with van der Waals surface area (Å²) in [5.41, 5.74) is 7.10. The number of piperidine rings is 1. The van der Waals surface area contributed by atoms with E-state index < -0.39 is 0 Å². The van der Waals surface area contributed by atoms with Crippen molar-refractivity contribution in [3.8, 4) is 5.75 Å².